The zero-order chi connectivity index (χ0) is 14.9. The van der Waals surface area contributed by atoms with Gasteiger partial charge in [0.05, 0.1) is 0 Å². The number of nitrogens with one attached hydrogen (secondary N) is 2. The Morgan fingerprint density at radius 2 is 1.76 bits per heavy atom. The molecule has 2 aromatic heterocycles. The Labute approximate surface area is 125 Å². The second kappa shape index (κ2) is 8.16. The number of anilines is 2. The zero-order valence-corrected chi connectivity index (χ0v) is 12.6. The first-order chi connectivity index (χ1) is 10.2. The van der Waals surface area contributed by atoms with Crippen molar-refractivity contribution in [2.75, 3.05) is 37.8 Å². The molecule has 2 aromatic rings. The highest BCUT2D eigenvalue weighted by Crippen LogP contribution is 2.10. The molecule has 0 saturated heterocycles. The zero-order valence-electron chi connectivity index (χ0n) is 12.6. The maximum absolute atomic E-state index is 4.23. The van der Waals surface area contributed by atoms with Gasteiger partial charge in [-0.05, 0) is 44.8 Å². The summed E-state index contributed by atoms with van der Waals surface area (Å²) in [6.45, 7) is 2.68. The van der Waals surface area contributed by atoms with Gasteiger partial charge in [-0.3, -0.25) is 4.98 Å². The molecule has 0 bridgehead atoms. The third kappa shape index (κ3) is 5.74. The van der Waals surface area contributed by atoms with Gasteiger partial charge in [0.1, 0.15) is 18.0 Å². The Balaban J connectivity index is 1.80. The minimum atomic E-state index is 0.722. The quantitative estimate of drug-likeness (QED) is 0.722. The van der Waals surface area contributed by atoms with Crippen molar-refractivity contribution in [2.45, 2.75) is 13.0 Å². The van der Waals surface area contributed by atoms with E-state index >= 15 is 0 Å². The standard InChI is InChI=1S/C15H22N6/c1-21(2)9-3-6-17-14-10-15(20-12-19-14)18-11-13-4-7-16-8-5-13/h4-5,7-8,10,12H,3,6,9,11H2,1-2H3,(H2,17,18,19,20). The lowest BCUT2D eigenvalue weighted by Gasteiger charge is -2.11. The van der Waals surface area contributed by atoms with Gasteiger partial charge in [-0.2, -0.15) is 0 Å². The molecule has 2 rings (SSSR count). The van der Waals surface area contributed by atoms with Crippen LogP contribution >= 0.6 is 0 Å². The molecule has 0 spiro atoms. The number of hydrogen-bond acceptors (Lipinski definition) is 6. The molecule has 0 aliphatic carbocycles. The first-order valence-electron chi connectivity index (χ1n) is 7.07. The second-order valence-electron chi connectivity index (χ2n) is 5.08. The summed E-state index contributed by atoms with van der Waals surface area (Å²) in [4.78, 5) is 14.6. The van der Waals surface area contributed by atoms with E-state index < -0.39 is 0 Å². The first kappa shape index (κ1) is 15.2. The summed E-state index contributed by atoms with van der Waals surface area (Å²) in [6.07, 6.45) is 6.23. The van der Waals surface area contributed by atoms with Gasteiger partial charge >= 0.3 is 0 Å². The Kier molecular flexibility index (Phi) is 5.90. The highest BCUT2D eigenvalue weighted by molar-refractivity contribution is 5.46. The summed E-state index contributed by atoms with van der Waals surface area (Å²) in [5.41, 5.74) is 1.17. The van der Waals surface area contributed by atoms with Gasteiger partial charge < -0.3 is 15.5 Å². The van der Waals surface area contributed by atoms with Gasteiger partial charge in [-0.1, -0.05) is 0 Å². The molecule has 112 valence electrons. The van der Waals surface area contributed by atoms with Gasteiger partial charge in [0.25, 0.3) is 0 Å². The highest BCUT2D eigenvalue weighted by Gasteiger charge is 1.99. The van der Waals surface area contributed by atoms with Gasteiger partial charge in [-0.25, -0.2) is 9.97 Å². The molecule has 0 aliphatic rings. The van der Waals surface area contributed by atoms with E-state index in [2.05, 4.69) is 44.6 Å². The Bertz CT molecular complexity index is 529. The average molecular weight is 286 g/mol. The Hall–Kier alpha value is -2.21. The van der Waals surface area contributed by atoms with Crippen molar-refractivity contribution in [1.82, 2.24) is 19.9 Å². The van der Waals surface area contributed by atoms with Crippen molar-refractivity contribution >= 4 is 11.6 Å². The van der Waals surface area contributed by atoms with Gasteiger partial charge in [-0.15, -0.1) is 0 Å². The van der Waals surface area contributed by atoms with Crippen LogP contribution in [0.3, 0.4) is 0 Å². The van der Waals surface area contributed by atoms with Crippen LogP contribution in [-0.4, -0.2) is 47.0 Å². The van der Waals surface area contributed by atoms with Crippen LogP contribution in [0.25, 0.3) is 0 Å². The summed E-state index contributed by atoms with van der Waals surface area (Å²) >= 11 is 0. The molecule has 0 atom stereocenters. The van der Waals surface area contributed by atoms with Crippen LogP contribution in [0.4, 0.5) is 11.6 Å². The summed E-state index contributed by atoms with van der Waals surface area (Å²) in [7, 11) is 4.15. The topological polar surface area (TPSA) is 66.0 Å². The van der Waals surface area contributed by atoms with E-state index in [0.717, 1.165) is 37.7 Å². The minimum Gasteiger partial charge on any atom is -0.370 e. The fourth-order valence-electron chi connectivity index (χ4n) is 1.86. The van der Waals surface area contributed by atoms with Crippen LogP contribution in [0.2, 0.25) is 0 Å². The maximum Gasteiger partial charge on any atom is 0.131 e. The van der Waals surface area contributed by atoms with Crippen molar-refractivity contribution in [3.8, 4) is 0 Å². The van der Waals surface area contributed by atoms with Crippen LogP contribution in [0.5, 0.6) is 0 Å². The predicted octanol–water partition coefficient (Wildman–Crippen LogP) is 1.85. The van der Waals surface area contributed by atoms with Crippen LogP contribution in [0, 0.1) is 0 Å². The van der Waals surface area contributed by atoms with Crippen LogP contribution in [0.1, 0.15) is 12.0 Å². The van der Waals surface area contributed by atoms with E-state index in [4.69, 9.17) is 0 Å². The second-order valence-corrected chi connectivity index (χ2v) is 5.08. The number of pyridine rings is 1. The fraction of sp³-hybridized carbons (Fsp3) is 0.400. The molecule has 6 nitrogen and oxygen atoms in total. The first-order valence-corrected chi connectivity index (χ1v) is 7.07. The van der Waals surface area contributed by atoms with Gasteiger partial charge in [0.15, 0.2) is 0 Å². The third-order valence-corrected chi connectivity index (χ3v) is 2.98. The van der Waals surface area contributed by atoms with E-state index in [1.807, 2.05) is 18.2 Å². The van der Waals surface area contributed by atoms with E-state index in [0.29, 0.717) is 0 Å². The van der Waals surface area contributed by atoms with Crippen molar-refractivity contribution in [3.63, 3.8) is 0 Å². The monoisotopic (exact) mass is 286 g/mol. The molecule has 0 amide bonds. The maximum atomic E-state index is 4.23. The number of rotatable bonds is 8. The normalized spacial score (nSPS) is 10.6. The Morgan fingerprint density at radius 1 is 1.05 bits per heavy atom. The van der Waals surface area contributed by atoms with Crippen LogP contribution in [-0.2, 0) is 6.54 Å². The Morgan fingerprint density at radius 3 is 2.48 bits per heavy atom. The number of hydrogen-bond donors (Lipinski definition) is 2. The van der Waals surface area contributed by atoms with Crippen molar-refractivity contribution in [1.29, 1.82) is 0 Å². The van der Waals surface area contributed by atoms with Crippen LogP contribution in [0.15, 0.2) is 36.9 Å². The fourth-order valence-corrected chi connectivity index (χ4v) is 1.86. The molecule has 0 aliphatic heterocycles. The highest BCUT2D eigenvalue weighted by atomic mass is 15.1. The number of nitrogens with zero attached hydrogens (tertiary/aromatic N) is 4. The van der Waals surface area contributed by atoms with Gasteiger partial charge in [0.2, 0.25) is 0 Å². The molecule has 0 fully saturated rings. The van der Waals surface area contributed by atoms with E-state index in [-0.39, 0.29) is 0 Å². The van der Waals surface area contributed by atoms with Crippen molar-refractivity contribution in [3.05, 3.63) is 42.5 Å². The molecule has 0 radical (unpaired) electrons. The molecule has 0 aromatic carbocycles. The molecular formula is C15H22N6. The number of aromatic nitrogens is 3. The van der Waals surface area contributed by atoms with Crippen LogP contribution < -0.4 is 10.6 Å². The predicted molar refractivity (Wildman–Crippen MR) is 85.3 cm³/mol. The summed E-state index contributed by atoms with van der Waals surface area (Å²) < 4.78 is 0. The smallest absolute Gasteiger partial charge is 0.131 e. The van der Waals surface area contributed by atoms with Crippen molar-refractivity contribution in [2.24, 2.45) is 0 Å². The van der Waals surface area contributed by atoms with E-state index in [1.54, 1.807) is 18.7 Å². The largest absolute Gasteiger partial charge is 0.370 e. The molecular weight excluding hydrogens is 264 g/mol. The molecule has 21 heavy (non-hydrogen) atoms. The molecule has 0 saturated carbocycles. The molecule has 2 N–H and O–H groups in total. The average Bonchev–Trinajstić information content (AvgIpc) is 2.51. The summed E-state index contributed by atoms with van der Waals surface area (Å²) in [5, 5.41) is 6.59. The molecule has 2 heterocycles. The van der Waals surface area contributed by atoms with Crippen molar-refractivity contribution < 1.29 is 0 Å². The molecule has 0 unspecified atom stereocenters. The lowest BCUT2D eigenvalue weighted by Crippen LogP contribution is -2.16. The lowest BCUT2D eigenvalue weighted by atomic mass is 10.3. The summed E-state index contributed by atoms with van der Waals surface area (Å²) in [5.74, 6) is 1.66. The van der Waals surface area contributed by atoms with Gasteiger partial charge in [0, 0.05) is 31.5 Å². The van der Waals surface area contributed by atoms with E-state index in [9.17, 15) is 0 Å². The minimum absolute atomic E-state index is 0.722. The summed E-state index contributed by atoms with van der Waals surface area (Å²) in [6, 6.07) is 5.89. The van der Waals surface area contributed by atoms with E-state index in [1.165, 1.54) is 5.56 Å². The SMILES string of the molecule is CN(C)CCCNc1cc(NCc2ccncc2)ncn1. The lowest BCUT2D eigenvalue weighted by molar-refractivity contribution is 0.405. The third-order valence-electron chi connectivity index (χ3n) is 2.98. The molecule has 6 heteroatoms.